The van der Waals surface area contributed by atoms with E-state index in [-0.39, 0.29) is 6.04 Å². The Hall–Kier alpha value is -0.470. The van der Waals surface area contributed by atoms with Gasteiger partial charge in [-0.1, -0.05) is 6.92 Å². The highest BCUT2D eigenvalue weighted by molar-refractivity contribution is 7.89. The molecule has 1 aromatic heterocycles. The van der Waals surface area contributed by atoms with Gasteiger partial charge < -0.3 is 10.2 Å². The zero-order valence-electron chi connectivity index (χ0n) is 13.0. The lowest BCUT2D eigenvalue weighted by molar-refractivity contribution is 0.242. The molecule has 0 aliphatic carbocycles. The monoisotopic (exact) mass is 331 g/mol. The fourth-order valence-corrected chi connectivity index (χ4v) is 5.79. The van der Waals surface area contributed by atoms with Gasteiger partial charge in [0.1, 0.15) is 4.90 Å². The normalized spacial score (nSPS) is 20.8. The van der Waals surface area contributed by atoms with E-state index in [1.54, 1.807) is 0 Å². The Kier molecular flexibility index (Phi) is 5.79. The third-order valence-corrected chi connectivity index (χ3v) is 6.72. The van der Waals surface area contributed by atoms with Crippen LogP contribution in [0.25, 0.3) is 0 Å². The Balaban J connectivity index is 2.17. The van der Waals surface area contributed by atoms with E-state index in [9.17, 15) is 8.42 Å². The van der Waals surface area contributed by atoms with Crippen LogP contribution in [0.2, 0.25) is 0 Å². The van der Waals surface area contributed by atoms with Gasteiger partial charge >= 0.3 is 0 Å². The van der Waals surface area contributed by atoms with Gasteiger partial charge in [0, 0.05) is 24.0 Å². The molecule has 1 unspecified atom stereocenters. The zero-order valence-corrected chi connectivity index (χ0v) is 14.6. The van der Waals surface area contributed by atoms with Crippen LogP contribution >= 0.6 is 11.3 Å². The minimum absolute atomic E-state index is 0.0139. The summed E-state index contributed by atoms with van der Waals surface area (Å²) in [6.07, 6.45) is 1.95. The van der Waals surface area contributed by atoms with Crippen LogP contribution in [0.4, 0.5) is 0 Å². The van der Waals surface area contributed by atoms with Gasteiger partial charge in [-0.2, -0.15) is 0 Å². The van der Waals surface area contributed by atoms with Crippen molar-refractivity contribution >= 4 is 21.4 Å². The molecule has 0 spiro atoms. The Morgan fingerprint density at radius 1 is 1.48 bits per heavy atom. The third-order valence-electron chi connectivity index (χ3n) is 3.74. The predicted octanol–water partition coefficient (Wildman–Crippen LogP) is 1.54. The Morgan fingerprint density at radius 3 is 2.90 bits per heavy atom. The summed E-state index contributed by atoms with van der Waals surface area (Å²) in [5, 5.41) is 5.14. The van der Waals surface area contributed by atoms with E-state index in [0.717, 1.165) is 42.9 Å². The zero-order chi connectivity index (χ0) is 15.5. The molecule has 120 valence electrons. The molecule has 5 nitrogen and oxygen atoms in total. The Labute approximate surface area is 131 Å². The van der Waals surface area contributed by atoms with Crippen LogP contribution in [0.3, 0.4) is 0 Å². The van der Waals surface area contributed by atoms with Gasteiger partial charge in [0.15, 0.2) is 0 Å². The maximum atomic E-state index is 12.7. The summed E-state index contributed by atoms with van der Waals surface area (Å²) in [4.78, 5) is 3.55. The molecule has 2 heterocycles. The molecule has 1 saturated heterocycles. The molecule has 2 N–H and O–H groups in total. The van der Waals surface area contributed by atoms with Crippen molar-refractivity contribution in [1.82, 2.24) is 14.9 Å². The van der Waals surface area contributed by atoms with E-state index in [1.165, 1.54) is 11.3 Å². The maximum Gasteiger partial charge on any atom is 0.242 e. The number of rotatable bonds is 6. The molecule has 1 aliphatic heterocycles. The number of sulfonamides is 1. The van der Waals surface area contributed by atoms with Crippen molar-refractivity contribution < 1.29 is 8.42 Å². The van der Waals surface area contributed by atoms with Gasteiger partial charge in [-0.3, -0.25) is 0 Å². The molecule has 0 radical (unpaired) electrons. The lowest BCUT2D eigenvalue weighted by atomic mass is 10.1. The first-order valence-corrected chi connectivity index (χ1v) is 9.79. The van der Waals surface area contributed by atoms with E-state index in [1.807, 2.05) is 26.3 Å². The lowest BCUT2D eigenvalue weighted by Gasteiger charge is -2.30. The highest BCUT2D eigenvalue weighted by Gasteiger charge is 2.27. The fraction of sp³-hybridized carbons (Fsp3) is 0.714. The highest BCUT2D eigenvalue weighted by atomic mass is 32.2. The summed E-state index contributed by atoms with van der Waals surface area (Å²) in [5.41, 5.74) is 0.838. The van der Waals surface area contributed by atoms with Crippen LogP contribution in [0.5, 0.6) is 0 Å². The summed E-state index contributed by atoms with van der Waals surface area (Å²) in [6.45, 7) is 7.15. The smallest absolute Gasteiger partial charge is 0.242 e. The van der Waals surface area contributed by atoms with Crippen LogP contribution < -0.4 is 10.0 Å². The number of likely N-dealkylation sites (tertiary alicyclic amines) is 1. The number of likely N-dealkylation sites (N-methyl/N-ethyl adjacent to an activating group) is 1. The summed E-state index contributed by atoms with van der Waals surface area (Å²) >= 11 is 1.51. The van der Waals surface area contributed by atoms with Gasteiger partial charge in [0.2, 0.25) is 10.0 Å². The molecule has 1 aromatic rings. The summed E-state index contributed by atoms with van der Waals surface area (Å²) < 4.78 is 28.3. The minimum atomic E-state index is -3.44. The first-order chi connectivity index (χ1) is 9.94. The van der Waals surface area contributed by atoms with Crippen molar-refractivity contribution in [3.63, 3.8) is 0 Å². The van der Waals surface area contributed by atoms with Crippen molar-refractivity contribution in [3.8, 4) is 0 Å². The second-order valence-electron chi connectivity index (χ2n) is 5.67. The number of hydrogen-bond donors (Lipinski definition) is 2. The number of nitrogens with one attached hydrogen (secondary N) is 2. The van der Waals surface area contributed by atoms with Crippen LogP contribution in [-0.4, -0.2) is 46.0 Å². The van der Waals surface area contributed by atoms with E-state index in [2.05, 4.69) is 14.9 Å². The number of aryl methyl sites for hydroxylation is 1. The minimum Gasteiger partial charge on any atom is -0.312 e. The molecule has 1 fully saturated rings. The van der Waals surface area contributed by atoms with Gasteiger partial charge in [-0.15, -0.1) is 11.3 Å². The summed E-state index contributed by atoms with van der Waals surface area (Å²) in [5.74, 6) is 0. The second-order valence-corrected chi connectivity index (χ2v) is 8.29. The largest absolute Gasteiger partial charge is 0.312 e. The molecule has 21 heavy (non-hydrogen) atoms. The third kappa shape index (κ3) is 4.26. The van der Waals surface area contributed by atoms with Crippen LogP contribution in [-0.2, 0) is 16.6 Å². The molecule has 0 aromatic carbocycles. The Bertz CT molecular complexity index is 569. The van der Waals surface area contributed by atoms with Gasteiger partial charge in [-0.25, -0.2) is 13.1 Å². The van der Waals surface area contributed by atoms with Crippen LogP contribution in [0, 0.1) is 6.92 Å². The van der Waals surface area contributed by atoms with Crippen molar-refractivity contribution in [2.75, 3.05) is 26.7 Å². The van der Waals surface area contributed by atoms with E-state index >= 15 is 0 Å². The summed E-state index contributed by atoms with van der Waals surface area (Å²) in [7, 11) is -1.40. The molecule has 2 rings (SSSR count). The molecule has 1 aliphatic rings. The van der Waals surface area contributed by atoms with Crippen LogP contribution in [0.1, 0.15) is 30.2 Å². The second kappa shape index (κ2) is 7.19. The number of hydrogen-bond acceptors (Lipinski definition) is 5. The number of thiophene rings is 1. The molecular formula is C14H25N3O2S2. The topological polar surface area (TPSA) is 61.4 Å². The van der Waals surface area contributed by atoms with E-state index in [4.69, 9.17) is 0 Å². The van der Waals surface area contributed by atoms with Crippen molar-refractivity contribution in [2.45, 2.75) is 44.2 Å². The van der Waals surface area contributed by atoms with Gasteiger partial charge in [0.05, 0.1) is 0 Å². The quantitative estimate of drug-likeness (QED) is 0.830. The maximum absolute atomic E-state index is 12.7. The number of nitrogens with zero attached hydrogens (tertiary/aromatic N) is 1. The van der Waals surface area contributed by atoms with Gasteiger partial charge in [-0.05, 0) is 50.8 Å². The van der Waals surface area contributed by atoms with E-state index in [0.29, 0.717) is 11.4 Å². The van der Waals surface area contributed by atoms with Crippen LogP contribution in [0.15, 0.2) is 10.3 Å². The summed E-state index contributed by atoms with van der Waals surface area (Å²) in [6, 6.07) is 0.0139. The van der Waals surface area contributed by atoms with Crippen molar-refractivity contribution in [2.24, 2.45) is 0 Å². The predicted molar refractivity (Wildman–Crippen MR) is 87.3 cm³/mol. The molecule has 0 bridgehead atoms. The van der Waals surface area contributed by atoms with E-state index < -0.39 is 10.0 Å². The highest BCUT2D eigenvalue weighted by Crippen LogP contribution is 2.27. The number of piperidine rings is 1. The lowest BCUT2D eigenvalue weighted by Crippen LogP contribution is -2.46. The SMILES string of the molecule is CCNCc1scc(C)c1S(=O)(=O)NC1CCCN(C)C1. The average Bonchev–Trinajstić information content (AvgIpc) is 2.77. The first-order valence-electron chi connectivity index (χ1n) is 7.42. The molecule has 0 amide bonds. The Morgan fingerprint density at radius 2 is 2.24 bits per heavy atom. The molecule has 0 saturated carbocycles. The molecule has 7 heteroatoms. The molecule has 1 atom stereocenters. The first kappa shape index (κ1) is 16.9. The average molecular weight is 332 g/mol. The standard InChI is InChI=1S/C14H25N3O2S2/c1-4-15-8-13-14(11(2)10-20-13)21(18,19)16-12-6-5-7-17(3)9-12/h10,12,15-16H,4-9H2,1-3H3. The molecular weight excluding hydrogens is 306 g/mol. The van der Waals surface area contributed by atoms with Gasteiger partial charge in [0.25, 0.3) is 0 Å². The fourth-order valence-electron chi connectivity index (χ4n) is 2.75. The van der Waals surface area contributed by atoms with Crippen molar-refractivity contribution in [3.05, 3.63) is 15.8 Å². The van der Waals surface area contributed by atoms with Crippen molar-refractivity contribution in [1.29, 1.82) is 0 Å².